The molecular formula is C27H22FN3O2S. The molecule has 5 nitrogen and oxygen atoms in total. The largest absolute Gasteiger partial charge is 0.489 e. The Balaban J connectivity index is 1.40. The van der Waals surface area contributed by atoms with Crippen LogP contribution < -0.4 is 4.74 Å². The lowest BCUT2D eigenvalue weighted by Gasteiger charge is -2.08. The van der Waals surface area contributed by atoms with Crippen LogP contribution in [0.1, 0.15) is 5.56 Å². The average Bonchev–Trinajstić information content (AvgIpc) is 3.33. The van der Waals surface area contributed by atoms with Gasteiger partial charge in [-0.25, -0.2) is 9.38 Å². The van der Waals surface area contributed by atoms with Crippen molar-refractivity contribution in [3.8, 4) is 5.75 Å². The maximum atomic E-state index is 13.8. The summed E-state index contributed by atoms with van der Waals surface area (Å²) in [5.74, 6) is -0.221. The summed E-state index contributed by atoms with van der Waals surface area (Å²) in [5.41, 5.74) is 2.76. The minimum atomic E-state index is -0.376. The zero-order chi connectivity index (χ0) is 23.5. The van der Waals surface area contributed by atoms with E-state index in [0.29, 0.717) is 23.2 Å². The number of amidine groups is 1. The average molecular weight is 472 g/mol. The van der Waals surface area contributed by atoms with Crippen molar-refractivity contribution in [1.82, 2.24) is 9.47 Å². The number of nitrogens with zero attached hydrogens (tertiary/aromatic N) is 3. The van der Waals surface area contributed by atoms with Gasteiger partial charge in [0.1, 0.15) is 6.61 Å². The standard InChI is InChI=1S/C27H22FN3O2S/c1-30-26(32)25(34-27(30)29-20-9-3-2-4-10-20)17-19-18-31(23-13-7-5-11-21(19)23)15-16-33-24-14-8-6-12-22(24)28/h2-14,17-18H,15-16H2,1H3. The van der Waals surface area contributed by atoms with Gasteiger partial charge in [0.25, 0.3) is 5.91 Å². The fraction of sp³-hybridized carbons (Fsp3) is 0.111. The Morgan fingerprint density at radius 1 is 1.00 bits per heavy atom. The molecule has 1 saturated heterocycles. The smallest absolute Gasteiger partial charge is 0.266 e. The van der Waals surface area contributed by atoms with Crippen LogP contribution in [0.15, 0.2) is 95.0 Å². The maximum Gasteiger partial charge on any atom is 0.266 e. The van der Waals surface area contributed by atoms with Crippen molar-refractivity contribution >= 4 is 45.5 Å². The fourth-order valence-corrected chi connectivity index (χ4v) is 4.77. The molecule has 0 bridgehead atoms. The van der Waals surface area contributed by atoms with Gasteiger partial charge in [0, 0.05) is 29.7 Å². The van der Waals surface area contributed by atoms with Crippen LogP contribution >= 0.6 is 11.8 Å². The SMILES string of the molecule is CN1C(=O)C(=Cc2cn(CCOc3ccccc3F)c3ccccc23)SC1=Nc1ccccc1. The molecule has 5 rings (SSSR count). The molecule has 34 heavy (non-hydrogen) atoms. The first kappa shape index (κ1) is 22.0. The molecule has 0 aliphatic carbocycles. The molecule has 1 fully saturated rings. The third kappa shape index (κ3) is 4.47. The fourth-order valence-electron chi connectivity index (χ4n) is 3.80. The number of likely N-dealkylation sites (N-methyl/N-ethyl adjacent to an activating group) is 1. The third-order valence-electron chi connectivity index (χ3n) is 5.52. The van der Waals surface area contributed by atoms with Gasteiger partial charge in [-0.05, 0) is 48.2 Å². The van der Waals surface area contributed by atoms with Crippen LogP contribution in [0, 0.1) is 5.82 Å². The highest BCUT2D eigenvalue weighted by molar-refractivity contribution is 8.18. The lowest BCUT2D eigenvalue weighted by Crippen LogP contribution is -2.23. The monoisotopic (exact) mass is 471 g/mol. The summed E-state index contributed by atoms with van der Waals surface area (Å²) in [7, 11) is 1.74. The van der Waals surface area contributed by atoms with Crippen LogP contribution in [-0.2, 0) is 11.3 Å². The van der Waals surface area contributed by atoms with Gasteiger partial charge in [-0.3, -0.25) is 9.69 Å². The molecule has 2 heterocycles. The molecule has 170 valence electrons. The van der Waals surface area contributed by atoms with Gasteiger partial charge in [0.05, 0.1) is 17.1 Å². The van der Waals surface area contributed by atoms with Crippen molar-refractivity contribution in [3.63, 3.8) is 0 Å². The number of hydrogen-bond donors (Lipinski definition) is 0. The van der Waals surface area contributed by atoms with Gasteiger partial charge in [0.2, 0.25) is 0 Å². The number of ether oxygens (including phenoxy) is 1. The van der Waals surface area contributed by atoms with Crippen molar-refractivity contribution in [2.75, 3.05) is 13.7 Å². The summed E-state index contributed by atoms with van der Waals surface area (Å²) in [4.78, 5) is 19.7. The first-order chi connectivity index (χ1) is 16.6. The Bertz CT molecular complexity index is 1410. The second-order valence-corrected chi connectivity index (χ2v) is 8.79. The lowest BCUT2D eigenvalue weighted by atomic mass is 10.1. The van der Waals surface area contributed by atoms with E-state index in [0.717, 1.165) is 22.2 Å². The Labute approximate surface area is 201 Å². The number of aromatic nitrogens is 1. The Morgan fingerprint density at radius 3 is 2.56 bits per heavy atom. The first-order valence-electron chi connectivity index (χ1n) is 10.9. The predicted octanol–water partition coefficient (Wildman–Crippen LogP) is 6.09. The topological polar surface area (TPSA) is 46.8 Å². The van der Waals surface area contributed by atoms with Crippen LogP contribution in [0.25, 0.3) is 17.0 Å². The molecule has 3 aromatic carbocycles. The van der Waals surface area contributed by atoms with E-state index >= 15 is 0 Å². The number of aliphatic imine (C=N–C) groups is 1. The van der Waals surface area contributed by atoms with E-state index < -0.39 is 0 Å². The number of benzene rings is 3. The number of carbonyl (C=O) groups is 1. The number of hydrogen-bond acceptors (Lipinski definition) is 4. The summed E-state index contributed by atoms with van der Waals surface area (Å²) < 4.78 is 21.6. The molecule has 1 amide bonds. The van der Waals surface area contributed by atoms with Crippen molar-refractivity contribution < 1.29 is 13.9 Å². The number of amides is 1. The van der Waals surface area contributed by atoms with Crippen molar-refractivity contribution in [1.29, 1.82) is 0 Å². The second kappa shape index (κ2) is 9.57. The van der Waals surface area contributed by atoms with E-state index in [1.165, 1.54) is 17.8 Å². The highest BCUT2D eigenvalue weighted by Gasteiger charge is 2.30. The predicted molar refractivity (Wildman–Crippen MR) is 136 cm³/mol. The third-order valence-corrected chi connectivity index (χ3v) is 6.58. The summed E-state index contributed by atoms with van der Waals surface area (Å²) in [5, 5.41) is 1.68. The summed E-state index contributed by atoms with van der Waals surface area (Å²) in [6.07, 6.45) is 3.91. The number of carbonyl (C=O) groups excluding carboxylic acids is 1. The second-order valence-electron chi connectivity index (χ2n) is 7.78. The zero-order valence-electron chi connectivity index (χ0n) is 18.5. The van der Waals surface area contributed by atoms with E-state index in [1.807, 2.05) is 66.9 Å². The van der Waals surface area contributed by atoms with Gasteiger partial charge < -0.3 is 9.30 Å². The van der Waals surface area contributed by atoms with Crippen LogP contribution in [0.2, 0.25) is 0 Å². The minimum Gasteiger partial charge on any atom is -0.489 e. The number of para-hydroxylation sites is 3. The highest BCUT2D eigenvalue weighted by Crippen LogP contribution is 2.34. The molecular weight excluding hydrogens is 449 g/mol. The molecule has 7 heteroatoms. The van der Waals surface area contributed by atoms with Crippen molar-refractivity contribution in [2.24, 2.45) is 4.99 Å². The van der Waals surface area contributed by atoms with Gasteiger partial charge in [-0.1, -0.05) is 48.5 Å². The Hall–Kier alpha value is -3.84. The molecule has 1 aliphatic heterocycles. The summed E-state index contributed by atoms with van der Waals surface area (Å²) >= 11 is 1.36. The number of halogens is 1. The van der Waals surface area contributed by atoms with Crippen molar-refractivity contribution in [3.05, 3.63) is 101 Å². The minimum absolute atomic E-state index is 0.0839. The molecule has 0 atom stereocenters. The molecule has 0 spiro atoms. The number of rotatable bonds is 6. The van der Waals surface area contributed by atoms with Gasteiger partial charge in [-0.15, -0.1) is 0 Å². The van der Waals surface area contributed by atoms with Crippen LogP contribution in [0.4, 0.5) is 10.1 Å². The first-order valence-corrected chi connectivity index (χ1v) is 11.7. The van der Waals surface area contributed by atoms with E-state index in [2.05, 4.69) is 9.56 Å². The molecule has 0 N–H and O–H groups in total. The van der Waals surface area contributed by atoms with E-state index in [9.17, 15) is 9.18 Å². The quantitative estimate of drug-likeness (QED) is 0.320. The molecule has 1 aliphatic rings. The van der Waals surface area contributed by atoms with E-state index in [-0.39, 0.29) is 17.5 Å². The summed E-state index contributed by atoms with van der Waals surface area (Å²) in [6, 6.07) is 24.0. The maximum absolute atomic E-state index is 13.8. The lowest BCUT2D eigenvalue weighted by molar-refractivity contribution is -0.121. The van der Waals surface area contributed by atoms with Gasteiger partial charge in [0.15, 0.2) is 16.7 Å². The Morgan fingerprint density at radius 2 is 1.74 bits per heavy atom. The normalized spacial score (nSPS) is 16.2. The summed E-state index contributed by atoms with van der Waals surface area (Å²) in [6.45, 7) is 0.861. The highest BCUT2D eigenvalue weighted by atomic mass is 32.2. The zero-order valence-corrected chi connectivity index (χ0v) is 19.3. The van der Waals surface area contributed by atoms with E-state index in [4.69, 9.17) is 4.74 Å². The molecule has 0 radical (unpaired) electrons. The van der Waals surface area contributed by atoms with Gasteiger partial charge in [-0.2, -0.15) is 0 Å². The van der Waals surface area contributed by atoms with Crippen LogP contribution in [0.3, 0.4) is 0 Å². The van der Waals surface area contributed by atoms with Gasteiger partial charge >= 0.3 is 0 Å². The Kier molecular flexibility index (Phi) is 6.18. The van der Waals surface area contributed by atoms with E-state index in [1.54, 1.807) is 30.1 Å². The molecule has 0 unspecified atom stereocenters. The van der Waals surface area contributed by atoms with Crippen LogP contribution in [0.5, 0.6) is 5.75 Å². The van der Waals surface area contributed by atoms with Crippen molar-refractivity contribution in [2.45, 2.75) is 6.54 Å². The molecule has 0 saturated carbocycles. The molecule has 1 aromatic heterocycles. The molecule has 4 aromatic rings. The van der Waals surface area contributed by atoms with Crippen LogP contribution in [-0.4, -0.2) is 34.2 Å². The number of thioether (sulfide) groups is 1. The number of fused-ring (bicyclic) bond motifs is 1.